The predicted molar refractivity (Wildman–Crippen MR) is 103 cm³/mol. The lowest BCUT2D eigenvalue weighted by atomic mass is 10.1. The summed E-state index contributed by atoms with van der Waals surface area (Å²) in [6.45, 7) is 5.35. The maximum absolute atomic E-state index is 12.7. The van der Waals surface area contributed by atoms with Crippen molar-refractivity contribution in [2.75, 3.05) is 12.4 Å². The molecule has 0 radical (unpaired) electrons. The third-order valence-corrected chi connectivity index (χ3v) is 6.10. The van der Waals surface area contributed by atoms with E-state index >= 15 is 0 Å². The molecule has 0 unspecified atom stereocenters. The van der Waals surface area contributed by atoms with Gasteiger partial charge in [-0.25, -0.2) is 18.1 Å². The minimum atomic E-state index is -3.67. The van der Waals surface area contributed by atoms with E-state index in [1.807, 2.05) is 6.92 Å². The monoisotopic (exact) mass is 387 g/mol. The van der Waals surface area contributed by atoms with Crippen LogP contribution in [0.15, 0.2) is 29.3 Å². The molecule has 2 N–H and O–H groups in total. The summed E-state index contributed by atoms with van der Waals surface area (Å²) >= 11 is 0. The van der Waals surface area contributed by atoms with Gasteiger partial charge in [0, 0.05) is 18.0 Å². The number of hydrogen-bond acceptors (Lipinski definition) is 5. The number of fused-ring (bicyclic) bond motifs is 1. The first-order chi connectivity index (χ1) is 12.6. The highest BCUT2D eigenvalue weighted by molar-refractivity contribution is 7.89. The van der Waals surface area contributed by atoms with Gasteiger partial charge in [0.05, 0.1) is 22.5 Å². The van der Waals surface area contributed by atoms with Crippen molar-refractivity contribution >= 4 is 32.7 Å². The third-order valence-electron chi connectivity index (χ3n) is 4.56. The fraction of sp³-hybridized carbons (Fsp3) is 0.278. The molecule has 0 bridgehead atoms. The van der Waals surface area contributed by atoms with Crippen LogP contribution in [0.25, 0.3) is 11.0 Å². The molecule has 0 aliphatic carbocycles. The van der Waals surface area contributed by atoms with Gasteiger partial charge in [-0.2, -0.15) is 5.10 Å². The second-order valence-corrected chi connectivity index (χ2v) is 8.24. The molecule has 1 amide bonds. The lowest BCUT2D eigenvalue weighted by Crippen LogP contribution is -2.21. The molecular formula is C18H21N5O3S. The number of nitrogens with one attached hydrogen (secondary N) is 2. The van der Waals surface area contributed by atoms with E-state index in [9.17, 15) is 13.2 Å². The summed E-state index contributed by atoms with van der Waals surface area (Å²) < 4.78 is 28.4. The predicted octanol–water partition coefficient (Wildman–Crippen LogP) is 2.05. The molecule has 1 aromatic carbocycles. The fourth-order valence-electron chi connectivity index (χ4n) is 2.93. The maximum Gasteiger partial charge on any atom is 0.255 e. The van der Waals surface area contributed by atoms with Crippen molar-refractivity contribution < 1.29 is 13.2 Å². The number of amides is 1. The first-order valence-electron chi connectivity index (χ1n) is 8.29. The van der Waals surface area contributed by atoms with E-state index < -0.39 is 15.9 Å². The lowest BCUT2D eigenvalue weighted by Gasteiger charge is -2.12. The van der Waals surface area contributed by atoms with E-state index in [4.69, 9.17) is 0 Å². The average molecular weight is 387 g/mol. The third kappa shape index (κ3) is 3.43. The van der Waals surface area contributed by atoms with Gasteiger partial charge < -0.3 is 5.32 Å². The van der Waals surface area contributed by atoms with Crippen LogP contribution < -0.4 is 10.0 Å². The summed E-state index contributed by atoms with van der Waals surface area (Å²) in [5.41, 5.74) is 3.63. The summed E-state index contributed by atoms with van der Waals surface area (Å²) in [7, 11) is -0.519. The minimum absolute atomic E-state index is 0.0897. The number of anilines is 1. The number of nitrogens with zero attached hydrogens (tertiary/aromatic N) is 3. The molecule has 27 heavy (non-hydrogen) atoms. The molecule has 3 aromatic rings. The number of pyridine rings is 1. The summed E-state index contributed by atoms with van der Waals surface area (Å²) in [4.78, 5) is 17.1. The van der Waals surface area contributed by atoms with E-state index in [1.165, 1.54) is 13.1 Å². The lowest BCUT2D eigenvalue weighted by molar-refractivity contribution is 0.102. The van der Waals surface area contributed by atoms with Gasteiger partial charge >= 0.3 is 0 Å². The van der Waals surface area contributed by atoms with Crippen LogP contribution in [0.2, 0.25) is 0 Å². The molecule has 2 aromatic heterocycles. The molecule has 3 rings (SSSR count). The first-order valence-corrected chi connectivity index (χ1v) is 9.78. The topological polar surface area (TPSA) is 106 Å². The minimum Gasteiger partial charge on any atom is -0.321 e. The zero-order chi connectivity index (χ0) is 19.9. The largest absolute Gasteiger partial charge is 0.321 e. The second kappa shape index (κ2) is 6.75. The highest BCUT2D eigenvalue weighted by Crippen LogP contribution is 2.23. The van der Waals surface area contributed by atoms with Crippen LogP contribution >= 0.6 is 0 Å². The van der Waals surface area contributed by atoms with Gasteiger partial charge in [0.2, 0.25) is 10.0 Å². The van der Waals surface area contributed by atoms with Gasteiger partial charge in [-0.15, -0.1) is 0 Å². The Morgan fingerprint density at radius 3 is 2.52 bits per heavy atom. The van der Waals surface area contributed by atoms with E-state index in [0.717, 1.165) is 16.7 Å². The molecule has 0 fully saturated rings. The van der Waals surface area contributed by atoms with Crippen LogP contribution in [0.1, 0.15) is 27.2 Å². The highest BCUT2D eigenvalue weighted by Gasteiger charge is 2.19. The van der Waals surface area contributed by atoms with Crippen molar-refractivity contribution in [1.29, 1.82) is 0 Å². The zero-order valence-electron chi connectivity index (χ0n) is 15.8. The van der Waals surface area contributed by atoms with E-state index in [1.54, 1.807) is 43.9 Å². The van der Waals surface area contributed by atoms with Crippen molar-refractivity contribution in [1.82, 2.24) is 19.5 Å². The molecule has 0 aliphatic heterocycles. The van der Waals surface area contributed by atoms with Crippen molar-refractivity contribution in [3.05, 3.63) is 46.8 Å². The normalized spacial score (nSPS) is 11.7. The number of aryl methyl sites for hydroxylation is 3. The standard InChI is InChI=1S/C18H21N5O3S/c1-10-6-13(7-16(11(10)2)27(25,26)19-4)18(24)21-14-8-15-12(3)22-23(5)17(15)20-9-14/h6-9,19H,1-5H3,(H,21,24). The number of carbonyl (C=O) groups excluding carboxylic acids is 1. The van der Waals surface area contributed by atoms with Crippen LogP contribution in [-0.4, -0.2) is 36.1 Å². The molecular weight excluding hydrogens is 366 g/mol. The van der Waals surface area contributed by atoms with E-state index in [-0.39, 0.29) is 10.5 Å². The molecule has 0 saturated carbocycles. The molecule has 0 aliphatic rings. The van der Waals surface area contributed by atoms with Gasteiger partial charge in [-0.05, 0) is 57.1 Å². The molecule has 9 heteroatoms. The Morgan fingerprint density at radius 1 is 1.15 bits per heavy atom. The highest BCUT2D eigenvalue weighted by atomic mass is 32.2. The Labute approximate surface area is 157 Å². The van der Waals surface area contributed by atoms with E-state index in [2.05, 4.69) is 20.1 Å². The Kier molecular flexibility index (Phi) is 4.75. The van der Waals surface area contributed by atoms with Crippen LogP contribution in [-0.2, 0) is 17.1 Å². The van der Waals surface area contributed by atoms with Crippen LogP contribution in [0.4, 0.5) is 5.69 Å². The van der Waals surface area contributed by atoms with Crippen LogP contribution in [0.3, 0.4) is 0 Å². The van der Waals surface area contributed by atoms with Crippen molar-refractivity contribution in [2.45, 2.75) is 25.7 Å². The summed E-state index contributed by atoms with van der Waals surface area (Å²) in [6.07, 6.45) is 1.55. The van der Waals surface area contributed by atoms with E-state index in [0.29, 0.717) is 16.8 Å². The number of hydrogen-bond donors (Lipinski definition) is 2. The summed E-state index contributed by atoms with van der Waals surface area (Å²) in [5, 5.41) is 7.92. The smallest absolute Gasteiger partial charge is 0.255 e. The van der Waals surface area contributed by atoms with Crippen molar-refractivity contribution in [3.63, 3.8) is 0 Å². The van der Waals surface area contributed by atoms with Gasteiger partial charge in [-0.1, -0.05) is 0 Å². The SMILES string of the molecule is CNS(=O)(=O)c1cc(C(=O)Nc2cnc3c(c2)c(C)nn3C)cc(C)c1C. The summed E-state index contributed by atoms with van der Waals surface area (Å²) in [6, 6.07) is 4.85. The number of rotatable bonds is 4. The van der Waals surface area contributed by atoms with Crippen molar-refractivity contribution in [3.8, 4) is 0 Å². The Hall–Kier alpha value is -2.78. The van der Waals surface area contributed by atoms with Crippen molar-refractivity contribution in [2.24, 2.45) is 7.05 Å². The molecule has 0 saturated heterocycles. The Morgan fingerprint density at radius 2 is 1.85 bits per heavy atom. The fourth-order valence-corrected chi connectivity index (χ4v) is 3.99. The molecule has 0 spiro atoms. The van der Waals surface area contributed by atoms with Crippen LogP contribution in [0, 0.1) is 20.8 Å². The van der Waals surface area contributed by atoms with Crippen LogP contribution in [0.5, 0.6) is 0 Å². The molecule has 2 heterocycles. The zero-order valence-corrected chi connectivity index (χ0v) is 16.6. The molecule has 8 nitrogen and oxygen atoms in total. The Balaban J connectivity index is 1.98. The Bertz CT molecular complexity index is 1170. The number of benzene rings is 1. The second-order valence-electron chi connectivity index (χ2n) is 6.38. The average Bonchev–Trinajstić information content (AvgIpc) is 2.90. The number of aromatic nitrogens is 3. The van der Waals surface area contributed by atoms with Gasteiger partial charge in [0.15, 0.2) is 5.65 Å². The molecule has 0 atom stereocenters. The van der Waals surface area contributed by atoms with Gasteiger partial charge in [-0.3, -0.25) is 9.48 Å². The maximum atomic E-state index is 12.7. The quantitative estimate of drug-likeness (QED) is 0.713. The van der Waals surface area contributed by atoms with Gasteiger partial charge in [0.25, 0.3) is 5.91 Å². The number of carbonyl (C=O) groups is 1. The summed E-state index contributed by atoms with van der Waals surface area (Å²) in [5.74, 6) is -0.409. The molecule has 142 valence electrons. The number of sulfonamides is 1. The van der Waals surface area contributed by atoms with Gasteiger partial charge in [0.1, 0.15) is 0 Å². The first kappa shape index (κ1) is 19.0.